The molecule has 2 aromatic rings. The van der Waals surface area contributed by atoms with E-state index >= 15 is 0 Å². The van der Waals surface area contributed by atoms with E-state index in [0.717, 1.165) is 18.4 Å². The number of piperidine rings is 1. The lowest BCUT2D eigenvalue weighted by molar-refractivity contribution is 0.0681. The van der Waals surface area contributed by atoms with Gasteiger partial charge >= 0.3 is 6.09 Å². The number of nitrogens with one attached hydrogen (secondary N) is 1. The summed E-state index contributed by atoms with van der Waals surface area (Å²) in [6.07, 6.45) is 1.17. The molecule has 0 saturated carbocycles. The number of alkyl carbamates (subject to hydrolysis) is 1. The number of aromatic nitrogens is 1. The summed E-state index contributed by atoms with van der Waals surface area (Å²) >= 11 is 0. The molecule has 138 valence electrons. The van der Waals surface area contributed by atoms with Gasteiger partial charge in [0.25, 0.3) is 5.91 Å². The van der Waals surface area contributed by atoms with Crippen LogP contribution in [0.1, 0.15) is 36.1 Å². The van der Waals surface area contributed by atoms with Crippen molar-refractivity contribution in [1.29, 1.82) is 0 Å². The number of oxazole rings is 1. The summed E-state index contributed by atoms with van der Waals surface area (Å²) < 4.78 is 10.6. The molecule has 2 heterocycles. The van der Waals surface area contributed by atoms with Crippen molar-refractivity contribution in [3.05, 3.63) is 41.9 Å². The lowest BCUT2D eigenvalue weighted by atomic mass is 10.0. The van der Waals surface area contributed by atoms with Crippen LogP contribution in [0.15, 0.2) is 34.7 Å². The number of hydrogen-bond donors (Lipinski definition) is 1. The van der Waals surface area contributed by atoms with E-state index in [1.165, 1.54) is 0 Å². The fourth-order valence-electron chi connectivity index (χ4n) is 3.13. The molecule has 0 radical (unpaired) electrons. The van der Waals surface area contributed by atoms with Gasteiger partial charge in [-0.25, -0.2) is 9.78 Å². The number of nitrogens with zero attached hydrogens (tertiary/aromatic N) is 2. The highest BCUT2D eigenvalue weighted by Crippen LogP contribution is 2.26. The van der Waals surface area contributed by atoms with E-state index in [1.807, 2.05) is 30.3 Å². The van der Waals surface area contributed by atoms with Crippen molar-refractivity contribution in [2.45, 2.75) is 32.7 Å². The first kappa shape index (κ1) is 18.0. The van der Waals surface area contributed by atoms with Crippen LogP contribution in [-0.4, -0.2) is 47.6 Å². The van der Waals surface area contributed by atoms with Crippen LogP contribution in [0, 0.1) is 6.92 Å². The minimum Gasteiger partial charge on any atom is -0.450 e. The fourth-order valence-corrected chi connectivity index (χ4v) is 3.13. The molecule has 0 spiro atoms. The third-order valence-corrected chi connectivity index (χ3v) is 4.28. The van der Waals surface area contributed by atoms with Crippen LogP contribution >= 0.6 is 0 Å². The Morgan fingerprint density at radius 3 is 2.85 bits per heavy atom. The number of hydrogen-bond acceptors (Lipinski definition) is 5. The Kier molecular flexibility index (Phi) is 5.55. The molecule has 1 atom stereocenters. The molecule has 3 rings (SSSR count). The van der Waals surface area contributed by atoms with E-state index in [4.69, 9.17) is 9.15 Å². The minimum absolute atomic E-state index is 0.125. The van der Waals surface area contributed by atoms with E-state index in [1.54, 1.807) is 18.7 Å². The van der Waals surface area contributed by atoms with E-state index in [0.29, 0.717) is 37.0 Å². The molecule has 26 heavy (non-hydrogen) atoms. The van der Waals surface area contributed by atoms with Gasteiger partial charge in [0.15, 0.2) is 17.3 Å². The maximum Gasteiger partial charge on any atom is 0.407 e. The standard InChI is InChI=1S/C19H23N3O4/c1-3-25-19(24)21-15-10-7-11-22(12-15)18(23)16-17(26-13(2)20-16)14-8-5-4-6-9-14/h4-6,8-9,15H,3,7,10-12H2,1-2H3,(H,21,24). The lowest BCUT2D eigenvalue weighted by Gasteiger charge is -2.32. The minimum atomic E-state index is -0.450. The fraction of sp³-hybridized carbons (Fsp3) is 0.421. The van der Waals surface area contributed by atoms with Crippen LogP contribution in [0.25, 0.3) is 11.3 Å². The average molecular weight is 357 g/mol. The van der Waals surface area contributed by atoms with E-state index < -0.39 is 6.09 Å². The Hall–Kier alpha value is -2.83. The van der Waals surface area contributed by atoms with Crippen molar-refractivity contribution >= 4 is 12.0 Å². The smallest absolute Gasteiger partial charge is 0.407 e. The van der Waals surface area contributed by atoms with Gasteiger partial charge in [-0.15, -0.1) is 0 Å². The first-order chi connectivity index (χ1) is 12.6. The van der Waals surface area contributed by atoms with Crippen LogP contribution < -0.4 is 5.32 Å². The first-order valence-corrected chi connectivity index (χ1v) is 8.84. The van der Waals surface area contributed by atoms with Crippen LogP contribution in [0.5, 0.6) is 0 Å². The van der Waals surface area contributed by atoms with E-state index in [2.05, 4.69) is 10.3 Å². The molecule has 1 saturated heterocycles. The summed E-state index contributed by atoms with van der Waals surface area (Å²) in [4.78, 5) is 30.7. The molecule has 7 nitrogen and oxygen atoms in total. The monoisotopic (exact) mass is 357 g/mol. The second kappa shape index (κ2) is 8.03. The number of likely N-dealkylation sites (tertiary alicyclic amines) is 1. The van der Waals surface area contributed by atoms with Crippen molar-refractivity contribution in [3.63, 3.8) is 0 Å². The molecule has 1 aromatic heterocycles. The molecule has 7 heteroatoms. The van der Waals surface area contributed by atoms with E-state index in [9.17, 15) is 9.59 Å². The zero-order chi connectivity index (χ0) is 18.5. The zero-order valence-corrected chi connectivity index (χ0v) is 15.0. The quantitative estimate of drug-likeness (QED) is 0.909. The van der Waals surface area contributed by atoms with Crippen molar-refractivity contribution in [1.82, 2.24) is 15.2 Å². The van der Waals surface area contributed by atoms with Gasteiger partial charge in [0.05, 0.1) is 6.61 Å². The molecule has 0 aliphatic carbocycles. The van der Waals surface area contributed by atoms with Gasteiger partial charge in [-0.05, 0) is 19.8 Å². The third kappa shape index (κ3) is 4.04. The second-order valence-electron chi connectivity index (χ2n) is 6.23. The summed E-state index contributed by atoms with van der Waals surface area (Å²) in [7, 11) is 0. The SMILES string of the molecule is CCOC(=O)NC1CCCN(C(=O)c2nc(C)oc2-c2ccccc2)C1. The van der Waals surface area contributed by atoms with Crippen LogP contribution in [-0.2, 0) is 4.74 Å². The molecule has 1 fully saturated rings. The second-order valence-corrected chi connectivity index (χ2v) is 6.23. The molecule has 1 unspecified atom stereocenters. The van der Waals surface area contributed by atoms with Crippen molar-refractivity contribution in [2.75, 3.05) is 19.7 Å². The number of carbonyl (C=O) groups excluding carboxylic acids is 2. The van der Waals surface area contributed by atoms with Crippen molar-refractivity contribution in [2.24, 2.45) is 0 Å². The topological polar surface area (TPSA) is 84.7 Å². The summed E-state index contributed by atoms with van der Waals surface area (Å²) in [5.41, 5.74) is 1.13. The largest absolute Gasteiger partial charge is 0.450 e. The number of ether oxygens (including phenoxy) is 1. The van der Waals surface area contributed by atoms with Gasteiger partial charge in [-0.1, -0.05) is 30.3 Å². The maximum atomic E-state index is 13.0. The summed E-state index contributed by atoms with van der Waals surface area (Å²) in [5, 5.41) is 2.81. The van der Waals surface area contributed by atoms with Crippen LogP contribution in [0.3, 0.4) is 0 Å². The highest BCUT2D eigenvalue weighted by atomic mass is 16.5. The molecular weight excluding hydrogens is 334 g/mol. The Morgan fingerprint density at radius 2 is 2.12 bits per heavy atom. The molecule has 1 aliphatic heterocycles. The Balaban J connectivity index is 1.76. The molecule has 1 aromatic carbocycles. The van der Waals surface area contributed by atoms with Gasteiger partial charge in [-0.3, -0.25) is 4.79 Å². The summed E-state index contributed by atoms with van der Waals surface area (Å²) in [5.74, 6) is 0.745. The third-order valence-electron chi connectivity index (χ3n) is 4.28. The Labute approximate surface area is 152 Å². The Morgan fingerprint density at radius 1 is 1.35 bits per heavy atom. The molecule has 1 aliphatic rings. The van der Waals surface area contributed by atoms with Crippen molar-refractivity contribution in [3.8, 4) is 11.3 Å². The first-order valence-electron chi connectivity index (χ1n) is 8.84. The number of rotatable bonds is 4. The van der Waals surface area contributed by atoms with Crippen molar-refractivity contribution < 1.29 is 18.7 Å². The molecule has 0 bridgehead atoms. The zero-order valence-electron chi connectivity index (χ0n) is 15.0. The average Bonchev–Trinajstić information content (AvgIpc) is 3.04. The Bertz CT molecular complexity index is 772. The number of amides is 2. The van der Waals surface area contributed by atoms with E-state index in [-0.39, 0.29) is 11.9 Å². The summed E-state index contributed by atoms with van der Waals surface area (Å²) in [6, 6.07) is 9.34. The lowest BCUT2D eigenvalue weighted by Crippen LogP contribution is -2.49. The van der Waals surface area contributed by atoms with Gasteiger partial charge in [0.1, 0.15) is 0 Å². The number of aryl methyl sites for hydroxylation is 1. The molecule has 2 amide bonds. The van der Waals surface area contributed by atoms with Crippen LogP contribution in [0.2, 0.25) is 0 Å². The number of benzene rings is 1. The molecule has 1 N–H and O–H groups in total. The summed E-state index contributed by atoms with van der Waals surface area (Å²) in [6.45, 7) is 4.86. The van der Waals surface area contributed by atoms with Crippen LogP contribution in [0.4, 0.5) is 4.79 Å². The van der Waals surface area contributed by atoms with Gasteiger partial charge in [-0.2, -0.15) is 0 Å². The maximum absolute atomic E-state index is 13.0. The van der Waals surface area contributed by atoms with Gasteiger partial charge in [0, 0.05) is 31.6 Å². The van der Waals surface area contributed by atoms with Gasteiger partial charge < -0.3 is 19.4 Å². The number of carbonyl (C=O) groups is 2. The molecular formula is C19H23N3O4. The predicted molar refractivity (Wildman–Crippen MR) is 95.8 cm³/mol. The predicted octanol–water partition coefficient (Wildman–Crippen LogP) is 3.00. The van der Waals surface area contributed by atoms with Gasteiger partial charge in [0.2, 0.25) is 0 Å². The highest BCUT2D eigenvalue weighted by molar-refractivity contribution is 5.97. The normalized spacial score (nSPS) is 17.0. The highest BCUT2D eigenvalue weighted by Gasteiger charge is 2.30.